The third-order valence-electron chi connectivity index (χ3n) is 5.77. The molecule has 0 radical (unpaired) electrons. The maximum absolute atomic E-state index is 14.9. The monoisotopic (exact) mass is 590 g/mol. The van der Waals surface area contributed by atoms with Gasteiger partial charge in [-0.15, -0.1) is 0 Å². The predicted octanol–water partition coefficient (Wildman–Crippen LogP) is 5.21. The van der Waals surface area contributed by atoms with Crippen molar-refractivity contribution in [1.82, 2.24) is 24.7 Å². The average molecular weight is 590 g/mol. The van der Waals surface area contributed by atoms with E-state index in [1.807, 2.05) is 0 Å². The lowest BCUT2D eigenvalue weighted by atomic mass is 10.1. The fraction of sp³-hybridized carbons (Fsp3) is 0.208. The zero-order chi connectivity index (χ0) is 30.3. The summed E-state index contributed by atoms with van der Waals surface area (Å²) >= 11 is 0. The van der Waals surface area contributed by atoms with Gasteiger partial charge in [-0.1, -0.05) is 0 Å². The predicted molar refractivity (Wildman–Crippen MR) is 126 cm³/mol. The first-order chi connectivity index (χ1) is 19.1. The largest absolute Gasteiger partial charge is 0.423 e. The standard InChI is InChI=1S/C24H15F9N6O2/c1-10(37-15-9-36-38-21(40)17(15)24(31,32)33)14(25)3-5-39-4-2-11-6-13(18(26)19(27)16(11)22(39)41)20-34-7-12(8-35-20)23(28,29)30/h2-4,6-10H,5H2,1H3,(H2,37,38,40). The summed E-state index contributed by atoms with van der Waals surface area (Å²) in [6.45, 7) is 0.563. The third kappa shape index (κ3) is 5.92. The second-order valence-electron chi connectivity index (χ2n) is 8.52. The molecule has 0 saturated heterocycles. The van der Waals surface area contributed by atoms with Crippen LogP contribution in [0.15, 0.2) is 58.4 Å². The van der Waals surface area contributed by atoms with Crippen molar-refractivity contribution >= 4 is 16.5 Å². The summed E-state index contributed by atoms with van der Waals surface area (Å²) in [6.07, 6.45) is -6.55. The average Bonchev–Trinajstić information content (AvgIpc) is 2.88. The highest BCUT2D eigenvalue weighted by atomic mass is 19.4. The number of pyridine rings is 1. The van der Waals surface area contributed by atoms with Gasteiger partial charge >= 0.3 is 12.4 Å². The molecule has 17 heteroatoms. The molecule has 1 aromatic carbocycles. The van der Waals surface area contributed by atoms with Crippen LogP contribution in [0.25, 0.3) is 22.2 Å². The Labute approximate surface area is 222 Å². The Morgan fingerprint density at radius 3 is 2.32 bits per heavy atom. The first-order valence-electron chi connectivity index (χ1n) is 11.3. The number of benzene rings is 1. The molecule has 0 amide bonds. The Morgan fingerprint density at radius 1 is 1.05 bits per heavy atom. The molecule has 0 aliphatic carbocycles. The van der Waals surface area contributed by atoms with Crippen molar-refractivity contribution < 1.29 is 39.5 Å². The van der Waals surface area contributed by atoms with Crippen LogP contribution in [-0.2, 0) is 18.9 Å². The molecule has 0 fully saturated rings. The highest BCUT2D eigenvalue weighted by Gasteiger charge is 2.38. The fourth-order valence-corrected chi connectivity index (χ4v) is 3.75. The zero-order valence-corrected chi connectivity index (χ0v) is 20.3. The molecule has 0 spiro atoms. The highest BCUT2D eigenvalue weighted by Crippen LogP contribution is 2.33. The summed E-state index contributed by atoms with van der Waals surface area (Å²) in [5, 5.41) is 6.13. The molecule has 41 heavy (non-hydrogen) atoms. The Kier molecular flexibility index (Phi) is 7.64. The van der Waals surface area contributed by atoms with Crippen molar-refractivity contribution in [2.24, 2.45) is 0 Å². The lowest BCUT2D eigenvalue weighted by Gasteiger charge is -2.17. The van der Waals surface area contributed by atoms with Crippen LogP contribution in [0.1, 0.15) is 18.1 Å². The number of fused-ring (bicyclic) bond motifs is 1. The van der Waals surface area contributed by atoms with Crippen molar-refractivity contribution in [3.63, 3.8) is 0 Å². The topological polar surface area (TPSA) is 106 Å². The lowest BCUT2D eigenvalue weighted by molar-refractivity contribution is -0.139. The van der Waals surface area contributed by atoms with Gasteiger partial charge in [0.25, 0.3) is 11.1 Å². The van der Waals surface area contributed by atoms with Crippen molar-refractivity contribution in [1.29, 1.82) is 0 Å². The minimum Gasteiger partial charge on any atom is -0.374 e. The number of hydrogen-bond donors (Lipinski definition) is 2. The van der Waals surface area contributed by atoms with Crippen LogP contribution in [0.4, 0.5) is 45.2 Å². The van der Waals surface area contributed by atoms with E-state index in [1.54, 1.807) is 5.10 Å². The minimum absolute atomic E-state index is 0.162. The molecule has 4 rings (SSSR count). The van der Waals surface area contributed by atoms with Crippen LogP contribution in [-0.4, -0.2) is 30.8 Å². The molecule has 2 N–H and O–H groups in total. The first kappa shape index (κ1) is 29.3. The van der Waals surface area contributed by atoms with Gasteiger partial charge < -0.3 is 9.88 Å². The molecule has 4 aromatic rings. The van der Waals surface area contributed by atoms with Gasteiger partial charge in [-0.2, -0.15) is 31.4 Å². The molecule has 8 nitrogen and oxygen atoms in total. The number of nitrogens with zero attached hydrogens (tertiary/aromatic N) is 4. The molecular formula is C24H15F9N6O2. The number of halogens is 9. The second-order valence-corrected chi connectivity index (χ2v) is 8.52. The van der Waals surface area contributed by atoms with E-state index in [9.17, 15) is 49.1 Å². The van der Waals surface area contributed by atoms with Crippen LogP contribution in [0.2, 0.25) is 0 Å². The quantitative estimate of drug-likeness (QED) is 0.299. The Morgan fingerprint density at radius 2 is 1.71 bits per heavy atom. The van der Waals surface area contributed by atoms with Gasteiger partial charge in [0.1, 0.15) is 11.4 Å². The molecule has 0 aliphatic rings. The van der Waals surface area contributed by atoms with Gasteiger partial charge in [-0.25, -0.2) is 28.2 Å². The van der Waals surface area contributed by atoms with E-state index in [0.717, 1.165) is 35.9 Å². The summed E-state index contributed by atoms with van der Waals surface area (Å²) in [4.78, 5) is 31.2. The smallest absolute Gasteiger partial charge is 0.374 e. The van der Waals surface area contributed by atoms with E-state index in [2.05, 4.69) is 20.4 Å². The fourth-order valence-electron chi connectivity index (χ4n) is 3.75. The molecule has 3 aromatic heterocycles. The number of aromatic amines is 1. The van der Waals surface area contributed by atoms with E-state index in [-0.39, 0.29) is 5.39 Å². The van der Waals surface area contributed by atoms with Gasteiger partial charge in [0.15, 0.2) is 17.5 Å². The molecule has 0 aliphatic heterocycles. The molecule has 3 heterocycles. The summed E-state index contributed by atoms with van der Waals surface area (Å²) in [5.74, 6) is -4.90. The van der Waals surface area contributed by atoms with Crippen LogP contribution in [0.5, 0.6) is 0 Å². The normalized spacial score (nSPS) is 13.5. The number of aromatic nitrogens is 5. The molecular weight excluding hydrogens is 575 g/mol. The van der Waals surface area contributed by atoms with E-state index in [0.29, 0.717) is 18.6 Å². The Hall–Kier alpha value is -4.70. The Bertz CT molecular complexity index is 1760. The summed E-state index contributed by atoms with van der Waals surface area (Å²) < 4.78 is 123. The summed E-state index contributed by atoms with van der Waals surface area (Å²) in [5.41, 5.74) is -6.92. The Balaban J connectivity index is 1.62. The van der Waals surface area contributed by atoms with Crippen LogP contribution in [0.3, 0.4) is 0 Å². The van der Waals surface area contributed by atoms with Gasteiger partial charge in [0.05, 0.1) is 34.4 Å². The molecule has 1 unspecified atom stereocenters. The number of hydrogen-bond acceptors (Lipinski definition) is 6. The van der Waals surface area contributed by atoms with Gasteiger partial charge in [-0.3, -0.25) is 9.59 Å². The number of nitrogens with one attached hydrogen (secondary N) is 2. The number of allylic oxidation sites excluding steroid dienone is 1. The number of rotatable bonds is 6. The highest BCUT2D eigenvalue weighted by molar-refractivity contribution is 5.86. The molecule has 0 bridgehead atoms. The van der Waals surface area contributed by atoms with Crippen molar-refractivity contribution in [2.45, 2.75) is 31.9 Å². The van der Waals surface area contributed by atoms with Crippen LogP contribution >= 0.6 is 0 Å². The SMILES string of the molecule is CC(Nc1cn[nH]c(=O)c1C(F)(F)F)C(F)=CCn1ccc2cc(-c3ncc(C(F)(F)F)cn3)c(F)c(F)c2c1=O. The van der Waals surface area contributed by atoms with Gasteiger partial charge in [0.2, 0.25) is 0 Å². The van der Waals surface area contributed by atoms with Crippen LogP contribution in [0, 0.1) is 11.6 Å². The second kappa shape index (κ2) is 10.7. The minimum atomic E-state index is -5.07. The van der Waals surface area contributed by atoms with Gasteiger partial charge in [0, 0.05) is 25.1 Å². The summed E-state index contributed by atoms with van der Waals surface area (Å²) in [7, 11) is 0. The maximum Gasteiger partial charge on any atom is 0.423 e. The van der Waals surface area contributed by atoms with E-state index in [1.165, 1.54) is 0 Å². The first-order valence-corrected chi connectivity index (χ1v) is 11.3. The number of anilines is 1. The molecule has 216 valence electrons. The van der Waals surface area contributed by atoms with Gasteiger partial charge in [-0.05, 0) is 30.5 Å². The molecule has 1 atom stereocenters. The third-order valence-corrected chi connectivity index (χ3v) is 5.77. The van der Waals surface area contributed by atoms with Crippen molar-refractivity contribution in [2.75, 3.05) is 5.32 Å². The van der Waals surface area contributed by atoms with Crippen molar-refractivity contribution in [3.8, 4) is 11.4 Å². The van der Waals surface area contributed by atoms with Crippen molar-refractivity contribution in [3.05, 3.63) is 92.3 Å². The van der Waals surface area contributed by atoms with E-state index < -0.39 is 87.1 Å². The number of H-pyrrole nitrogens is 1. The lowest BCUT2D eigenvalue weighted by Crippen LogP contribution is -2.27. The molecule has 0 saturated carbocycles. The number of alkyl halides is 6. The summed E-state index contributed by atoms with van der Waals surface area (Å²) in [6, 6.07) is 0.673. The zero-order valence-electron chi connectivity index (χ0n) is 20.3. The maximum atomic E-state index is 14.9. The van der Waals surface area contributed by atoms with E-state index in [4.69, 9.17) is 0 Å². The van der Waals surface area contributed by atoms with Crippen LogP contribution < -0.4 is 16.4 Å². The van der Waals surface area contributed by atoms with E-state index >= 15 is 0 Å².